The van der Waals surface area contributed by atoms with Crippen molar-refractivity contribution < 1.29 is 4.79 Å². The van der Waals surface area contributed by atoms with E-state index in [1.165, 1.54) is 11.8 Å². The van der Waals surface area contributed by atoms with E-state index in [4.69, 9.17) is 11.6 Å². The van der Waals surface area contributed by atoms with Crippen LogP contribution in [0.5, 0.6) is 0 Å². The highest BCUT2D eigenvalue weighted by atomic mass is 35.5. The highest BCUT2D eigenvalue weighted by molar-refractivity contribution is 6.33. The standard InChI is InChI=1S/C21H19ClN2O/c22-20-15-23-13-11-19(20)21(25)24(16-18-9-5-2-6-10-18)14-12-17-7-3-1-4-8-17/h1-11,13,15H,12,14,16H2. The first-order chi connectivity index (χ1) is 12.2. The van der Waals surface area contributed by atoms with Crippen molar-refractivity contribution in [3.05, 3.63) is 101 Å². The maximum atomic E-state index is 13.0. The van der Waals surface area contributed by atoms with Crippen molar-refractivity contribution in [3.8, 4) is 0 Å². The summed E-state index contributed by atoms with van der Waals surface area (Å²) in [4.78, 5) is 18.8. The molecule has 1 heterocycles. The molecule has 25 heavy (non-hydrogen) atoms. The van der Waals surface area contributed by atoms with Crippen LogP contribution in [0.1, 0.15) is 21.5 Å². The highest BCUT2D eigenvalue weighted by Gasteiger charge is 2.18. The van der Waals surface area contributed by atoms with E-state index < -0.39 is 0 Å². The Bertz CT molecular complexity index is 822. The minimum absolute atomic E-state index is 0.0767. The van der Waals surface area contributed by atoms with Gasteiger partial charge in [0.2, 0.25) is 0 Å². The van der Waals surface area contributed by atoms with Crippen LogP contribution in [-0.2, 0) is 13.0 Å². The van der Waals surface area contributed by atoms with E-state index >= 15 is 0 Å². The van der Waals surface area contributed by atoms with Gasteiger partial charge >= 0.3 is 0 Å². The van der Waals surface area contributed by atoms with Gasteiger partial charge in [0.25, 0.3) is 5.91 Å². The summed E-state index contributed by atoms with van der Waals surface area (Å²) in [6, 6.07) is 21.8. The molecule has 0 atom stereocenters. The van der Waals surface area contributed by atoms with Crippen molar-refractivity contribution in [2.45, 2.75) is 13.0 Å². The number of amides is 1. The number of nitrogens with zero attached hydrogens (tertiary/aromatic N) is 2. The molecule has 0 aliphatic rings. The average molecular weight is 351 g/mol. The molecule has 0 saturated carbocycles. The zero-order chi connectivity index (χ0) is 17.5. The zero-order valence-corrected chi connectivity index (χ0v) is 14.6. The number of rotatable bonds is 6. The molecular weight excluding hydrogens is 332 g/mol. The second-order valence-corrected chi connectivity index (χ2v) is 6.21. The number of pyridine rings is 1. The van der Waals surface area contributed by atoms with Gasteiger partial charge in [0, 0.05) is 25.5 Å². The molecule has 0 unspecified atom stereocenters. The Labute approximate surface area is 152 Å². The second-order valence-electron chi connectivity index (χ2n) is 5.80. The Hall–Kier alpha value is -2.65. The van der Waals surface area contributed by atoms with Gasteiger partial charge in [-0.25, -0.2) is 0 Å². The lowest BCUT2D eigenvalue weighted by molar-refractivity contribution is 0.0745. The highest BCUT2D eigenvalue weighted by Crippen LogP contribution is 2.18. The quantitative estimate of drug-likeness (QED) is 0.650. The van der Waals surface area contributed by atoms with Crippen LogP contribution < -0.4 is 0 Å². The summed E-state index contributed by atoms with van der Waals surface area (Å²) < 4.78 is 0. The van der Waals surface area contributed by atoms with Gasteiger partial charge in [-0.2, -0.15) is 0 Å². The Morgan fingerprint density at radius 2 is 1.56 bits per heavy atom. The third-order valence-electron chi connectivity index (χ3n) is 4.02. The van der Waals surface area contributed by atoms with Crippen LogP contribution in [0.3, 0.4) is 0 Å². The van der Waals surface area contributed by atoms with E-state index in [1.54, 1.807) is 12.3 Å². The molecule has 3 nitrogen and oxygen atoms in total. The van der Waals surface area contributed by atoms with E-state index in [9.17, 15) is 4.79 Å². The normalized spacial score (nSPS) is 10.4. The molecular formula is C21H19ClN2O. The molecule has 0 radical (unpaired) electrons. The Morgan fingerprint density at radius 3 is 2.20 bits per heavy atom. The van der Waals surface area contributed by atoms with Crippen LogP contribution in [-0.4, -0.2) is 22.3 Å². The van der Waals surface area contributed by atoms with Crippen molar-refractivity contribution in [1.82, 2.24) is 9.88 Å². The number of halogens is 1. The van der Waals surface area contributed by atoms with Gasteiger partial charge in [-0.15, -0.1) is 0 Å². The molecule has 0 fully saturated rings. The van der Waals surface area contributed by atoms with Gasteiger partial charge in [0.05, 0.1) is 10.6 Å². The molecule has 2 aromatic carbocycles. The largest absolute Gasteiger partial charge is 0.334 e. The van der Waals surface area contributed by atoms with E-state index in [1.807, 2.05) is 53.4 Å². The Balaban J connectivity index is 1.80. The molecule has 1 aromatic heterocycles. The van der Waals surface area contributed by atoms with Gasteiger partial charge in [0.1, 0.15) is 0 Å². The van der Waals surface area contributed by atoms with Crippen molar-refractivity contribution in [3.63, 3.8) is 0 Å². The fourth-order valence-electron chi connectivity index (χ4n) is 2.68. The lowest BCUT2D eigenvalue weighted by Gasteiger charge is -2.23. The van der Waals surface area contributed by atoms with Crippen LogP contribution in [0.4, 0.5) is 0 Å². The monoisotopic (exact) mass is 350 g/mol. The van der Waals surface area contributed by atoms with Gasteiger partial charge in [-0.05, 0) is 23.6 Å². The smallest absolute Gasteiger partial charge is 0.255 e. The number of benzene rings is 2. The first-order valence-corrected chi connectivity index (χ1v) is 8.58. The van der Waals surface area contributed by atoms with Crippen LogP contribution in [0, 0.1) is 0 Å². The lowest BCUT2D eigenvalue weighted by atomic mass is 10.1. The second kappa shape index (κ2) is 8.45. The molecule has 0 aliphatic heterocycles. The third kappa shape index (κ3) is 4.68. The number of hydrogen-bond donors (Lipinski definition) is 0. The number of carbonyl (C=O) groups is 1. The molecule has 1 amide bonds. The van der Waals surface area contributed by atoms with Crippen molar-refractivity contribution >= 4 is 17.5 Å². The predicted octanol–water partition coefficient (Wildman–Crippen LogP) is 4.62. The molecule has 3 aromatic rings. The molecule has 0 spiro atoms. The summed E-state index contributed by atoms with van der Waals surface area (Å²) in [5.74, 6) is -0.0767. The summed E-state index contributed by atoms with van der Waals surface area (Å²) in [7, 11) is 0. The van der Waals surface area contributed by atoms with Crippen LogP contribution >= 0.6 is 11.6 Å². The van der Waals surface area contributed by atoms with Gasteiger partial charge in [-0.3, -0.25) is 9.78 Å². The van der Waals surface area contributed by atoms with E-state index in [-0.39, 0.29) is 5.91 Å². The van der Waals surface area contributed by atoms with Crippen LogP contribution in [0.25, 0.3) is 0 Å². The summed E-state index contributed by atoms with van der Waals surface area (Å²) >= 11 is 6.17. The fraction of sp³-hybridized carbons (Fsp3) is 0.143. The molecule has 126 valence electrons. The summed E-state index contributed by atoms with van der Waals surface area (Å²) in [5.41, 5.74) is 2.78. The SMILES string of the molecule is O=C(c1ccncc1Cl)N(CCc1ccccc1)Cc1ccccc1. The molecule has 0 saturated heterocycles. The fourth-order valence-corrected chi connectivity index (χ4v) is 2.88. The molecule has 4 heteroatoms. The van der Waals surface area contributed by atoms with Gasteiger partial charge in [-0.1, -0.05) is 72.3 Å². The summed E-state index contributed by atoms with van der Waals surface area (Å²) in [6.45, 7) is 1.17. The van der Waals surface area contributed by atoms with E-state index in [2.05, 4.69) is 17.1 Å². The lowest BCUT2D eigenvalue weighted by Crippen LogP contribution is -2.32. The van der Waals surface area contributed by atoms with Gasteiger partial charge in [0.15, 0.2) is 0 Å². The van der Waals surface area contributed by atoms with E-state index in [0.29, 0.717) is 23.7 Å². The maximum Gasteiger partial charge on any atom is 0.255 e. The Kier molecular flexibility index (Phi) is 5.81. The zero-order valence-electron chi connectivity index (χ0n) is 13.8. The topological polar surface area (TPSA) is 33.2 Å². The van der Waals surface area contributed by atoms with Gasteiger partial charge < -0.3 is 4.90 Å². The van der Waals surface area contributed by atoms with Crippen molar-refractivity contribution in [1.29, 1.82) is 0 Å². The van der Waals surface area contributed by atoms with Crippen LogP contribution in [0.15, 0.2) is 79.1 Å². The predicted molar refractivity (Wildman–Crippen MR) is 101 cm³/mol. The maximum absolute atomic E-state index is 13.0. The van der Waals surface area contributed by atoms with Crippen molar-refractivity contribution in [2.75, 3.05) is 6.54 Å². The molecule has 0 bridgehead atoms. The molecule has 0 aliphatic carbocycles. The number of aromatic nitrogens is 1. The van der Waals surface area contributed by atoms with Crippen molar-refractivity contribution in [2.24, 2.45) is 0 Å². The van der Waals surface area contributed by atoms with Crippen LogP contribution in [0.2, 0.25) is 5.02 Å². The van der Waals surface area contributed by atoms with E-state index in [0.717, 1.165) is 12.0 Å². The molecule has 0 N–H and O–H groups in total. The first kappa shape index (κ1) is 17.2. The Morgan fingerprint density at radius 1 is 0.920 bits per heavy atom. The molecule has 3 rings (SSSR count). The number of hydrogen-bond acceptors (Lipinski definition) is 2. The minimum Gasteiger partial charge on any atom is -0.334 e. The summed E-state index contributed by atoms with van der Waals surface area (Å²) in [5, 5.41) is 0.380. The number of carbonyl (C=O) groups excluding carboxylic acids is 1. The first-order valence-electron chi connectivity index (χ1n) is 8.20. The third-order valence-corrected chi connectivity index (χ3v) is 4.32. The average Bonchev–Trinajstić information content (AvgIpc) is 2.66. The summed E-state index contributed by atoms with van der Waals surface area (Å²) in [6.07, 6.45) is 3.89. The minimum atomic E-state index is -0.0767.